The molecule has 1 aromatic rings. The molecule has 0 aromatic heterocycles. The topological polar surface area (TPSA) is 105 Å². The van der Waals surface area contributed by atoms with Crippen molar-refractivity contribution in [3.8, 4) is 0 Å². The van der Waals surface area contributed by atoms with Crippen molar-refractivity contribution < 1.29 is 19.7 Å². The van der Waals surface area contributed by atoms with Crippen LogP contribution in [0.4, 0.5) is 11.4 Å². The molecular formula is C13H20N2O4. The lowest BCUT2D eigenvalue weighted by Crippen LogP contribution is -2.26. The van der Waals surface area contributed by atoms with Crippen molar-refractivity contribution in [1.82, 2.24) is 0 Å². The summed E-state index contributed by atoms with van der Waals surface area (Å²) in [6.07, 6.45) is 0.514. The van der Waals surface area contributed by atoms with E-state index in [9.17, 15) is 4.79 Å². The normalized spacial score (nSPS) is 12.2. The zero-order valence-electron chi connectivity index (χ0n) is 11.1. The van der Waals surface area contributed by atoms with E-state index in [0.717, 1.165) is 0 Å². The molecule has 0 fully saturated rings. The van der Waals surface area contributed by atoms with Crippen molar-refractivity contribution in [2.75, 3.05) is 31.4 Å². The highest BCUT2D eigenvalue weighted by atomic mass is 16.5. The van der Waals surface area contributed by atoms with Gasteiger partial charge in [-0.2, -0.15) is 0 Å². The summed E-state index contributed by atoms with van der Waals surface area (Å²) < 4.78 is 5.05. The number of benzene rings is 1. The molecular weight excluding hydrogens is 248 g/mol. The fourth-order valence-electron chi connectivity index (χ4n) is 1.85. The molecule has 1 aromatic carbocycles. The number of hydrogen-bond donors (Lipinski definition) is 4. The fourth-order valence-corrected chi connectivity index (χ4v) is 1.85. The zero-order valence-corrected chi connectivity index (χ0v) is 11.1. The first-order valence-corrected chi connectivity index (χ1v) is 5.99. The molecule has 0 spiro atoms. The second-order valence-corrected chi connectivity index (χ2v) is 4.37. The van der Waals surface area contributed by atoms with Crippen molar-refractivity contribution >= 4 is 17.3 Å². The molecule has 0 saturated carbocycles. The van der Waals surface area contributed by atoms with Gasteiger partial charge in [0.05, 0.1) is 18.2 Å². The highest BCUT2D eigenvalue weighted by Crippen LogP contribution is 2.23. The van der Waals surface area contributed by atoms with E-state index < -0.39 is 5.97 Å². The molecule has 0 aliphatic rings. The molecule has 1 atom stereocenters. The number of aliphatic hydroxyl groups excluding tert-OH is 1. The number of ether oxygens (including phenoxy) is 1. The number of aliphatic hydroxyl groups is 1. The van der Waals surface area contributed by atoms with Gasteiger partial charge >= 0.3 is 5.97 Å². The number of nitrogens with two attached hydrogens (primary N) is 1. The van der Waals surface area contributed by atoms with Crippen LogP contribution in [0.5, 0.6) is 0 Å². The van der Waals surface area contributed by atoms with Crippen LogP contribution in [-0.4, -0.2) is 42.5 Å². The van der Waals surface area contributed by atoms with Gasteiger partial charge in [-0.1, -0.05) is 0 Å². The molecule has 0 aliphatic carbocycles. The van der Waals surface area contributed by atoms with E-state index in [1.165, 1.54) is 6.07 Å². The average molecular weight is 268 g/mol. The second-order valence-electron chi connectivity index (χ2n) is 4.37. The standard InChI is InChI=1S/C13H20N2O4/c1-8-5-10(6-11(12(8)14)13(17)18)15-9(3-4-16)7-19-2/h5-6,9,15-16H,3-4,7,14H2,1-2H3,(H,17,18). The molecule has 19 heavy (non-hydrogen) atoms. The van der Waals surface area contributed by atoms with Crippen molar-refractivity contribution in [2.45, 2.75) is 19.4 Å². The quantitative estimate of drug-likeness (QED) is 0.552. The molecule has 0 aliphatic heterocycles. The molecule has 0 bridgehead atoms. The summed E-state index contributed by atoms with van der Waals surface area (Å²) in [4.78, 5) is 11.1. The Balaban J connectivity index is 2.97. The largest absolute Gasteiger partial charge is 0.478 e. The second kappa shape index (κ2) is 6.96. The summed E-state index contributed by atoms with van der Waals surface area (Å²) in [7, 11) is 1.57. The molecule has 6 heteroatoms. The number of methoxy groups -OCH3 is 1. The van der Waals surface area contributed by atoms with Gasteiger partial charge in [0.2, 0.25) is 0 Å². The maximum Gasteiger partial charge on any atom is 0.337 e. The Labute approximate surface area is 112 Å². The summed E-state index contributed by atoms with van der Waals surface area (Å²) in [5.41, 5.74) is 7.42. The van der Waals surface area contributed by atoms with Crippen LogP contribution in [0.2, 0.25) is 0 Å². The van der Waals surface area contributed by atoms with Crippen molar-refractivity contribution in [3.63, 3.8) is 0 Å². The first kappa shape index (κ1) is 15.3. The van der Waals surface area contributed by atoms with Gasteiger partial charge in [0, 0.05) is 25.1 Å². The van der Waals surface area contributed by atoms with Crippen molar-refractivity contribution in [2.24, 2.45) is 0 Å². The number of rotatable bonds is 7. The van der Waals surface area contributed by atoms with E-state index in [2.05, 4.69) is 5.32 Å². The van der Waals surface area contributed by atoms with Crippen LogP contribution in [0.1, 0.15) is 22.3 Å². The first-order valence-electron chi connectivity index (χ1n) is 5.99. The monoisotopic (exact) mass is 268 g/mol. The number of carbonyl (C=O) groups is 1. The third kappa shape index (κ3) is 4.11. The summed E-state index contributed by atoms with van der Waals surface area (Å²) in [5, 5.41) is 21.2. The minimum absolute atomic E-state index is 0.0285. The van der Waals surface area contributed by atoms with Crippen LogP contribution in [0.25, 0.3) is 0 Å². The van der Waals surface area contributed by atoms with Crippen LogP contribution < -0.4 is 11.1 Å². The molecule has 0 radical (unpaired) electrons. The molecule has 0 saturated heterocycles. The van der Waals surface area contributed by atoms with Crippen molar-refractivity contribution in [1.29, 1.82) is 0 Å². The number of anilines is 2. The molecule has 1 rings (SSSR count). The summed E-state index contributed by atoms with van der Waals surface area (Å²) in [6, 6.07) is 3.19. The predicted octanol–water partition coefficient (Wildman–Crippen LogP) is 1.08. The van der Waals surface area contributed by atoms with E-state index in [0.29, 0.717) is 24.3 Å². The molecule has 0 heterocycles. The van der Waals surface area contributed by atoms with E-state index in [1.807, 2.05) is 0 Å². The van der Waals surface area contributed by atoms with Gasteiger partial charge in [-0.3, -0.25) is 0 Å². The van der Waals surface area contributed by atoms with E-state index >= 15 is 0 Å². The number of nitrogen functional groups attached to an aromatic ring is 1. The summed E-state index contributed by atoms with van der Waals surface area (Å²) >= 11 is 0. The lowest BCUT2D eigenvalue weighted by molar-refractivity contribution is 0.0698. The third-order valence-corrected chi connectivity index (χ3v) is 2.83. The Bertz CT molecular complexity index is 443. The number of aryl methyl sites for hydroxylation is 1. The lowest BCUT2D eigenvalue weighted by Gasteiger charge is -2.19. The van der Waals surface area contributed by atoms with Gasteiger partial charge in [-0.15, -0.1) is 0 Å². The fraction of sp³-hybridized carbons (Fsp3) is 0.462. The SMILES string of the molecule is COCC(CCO)Nc1cc(C)c(N)c(C(=O)O)c1. The smallest absolute Gasteiger partial charge is 0.337 e. The molecule has 0 amide bonds. The molecule has 1 unspecified atom stereocenters. The maximum absolute atomic E-state index is 11.1. The highest BCUT2D eigenvalue weighted by molar-refractivity contribution is 5.95. The Morgan fingerprint density at radius 3 is 2.74 bits per heavy atom. The van der Waals surface area contributed by atoms with Crippen LogP contribution in [-0.2, 0) is 4.74 Å². The van der Waals surface area contributed by atoms with Gasteiger partial charge in [0.1, 0.15) is 0 Å². The van der Waals surface area contributed by atoms with Gasteiger partial charge < -0.3 is 26.0 Å². The number of carboxylic acids is 1. The van der Waals surface area contributed by atoms with Gasteiger partial charge in [-0.05, 0) is 31.0 Å². The van der Waals surface area contributed by atoms with Crippen LogP contribution in [0.3, 0.4) is 0 Å². The van der Waals surface area contributed by atoms with Crippen LogP contribution in [0, 0.1) is 6.92 Å². The average Bonchev–Trinajstić information content (AvgIpc) is 2.33. The van der Waals surface area contributed by atoms with Gasteiger partial charge in [0.15, 0.2) is 0 Å². The summed E-state index contributed by atoms with van der Waals surface area (Å²) in [5.74, 6) is -1.06. The number of hydrogen-bond acceptors (Lipinski definition) is 5. The van der Waals surface area contributed by atoms with Gasteiger partial charge in [0.25, 0.3) is 0 Å². The van der Waals surface area contributed by atoms with Crippen LogP contribution in [0.15, 0.2) is 12.1 Å². The zero-order chi connectivity index (χ0) is 14.4. The first-order chi connectivity index (χ1) is 8.99. The Morgan fingerprint density at radius 1 is 1.53 bits per heavy atom. The van der Waals surface area contributed by atoms with E-state index in [1.54, 1.807) is 20.1 Å². The Kier molecular flexibility index (Phi) is 5.59. The minimum atomic E-state index is -1.06. The van der Waals surface area contributed by atoms with E-state index in [-0.39, 0.29) is 23.9 Å². The number of carboxylic acid groups (broad SMARTS) is 1. The predicted molar refractivity (Wildman–Crippen MR) is 73.5 cm³/mol. The Morgan fingerprint density at radius 2 is 2.21 bits per heavy atom. The third-order valence-electron chi connectivity index (χ3n) is 2.83. The maximum atomic E-state index is 11.1. The lowest BCUT2D eigenvalue weighted by atomic mass is 10.1. The van der Waals surface area contributed by atoms with Gasteiger partial charge in [-0.25, -0.2) is 4.79 Å². The Hall–Kier alpha value is -1.79. The molecule has 6 nitrogen and oxygen atoms in total. The number of aromatic carboxylic acids is 1. The molecule has 106 valence electrons. The van der Waals surface area contributed by atoms with Crippen LogP contribution >= 0.6 is 0 Å². The van der Waals surface area contributed by atoms with Crippen molar-refractivity contribution in [3.05, 3.63) is 23.3 Å². The summed E-state index contributed by atoms with van der Waals surface area (Å²) in [6.45, 7) is 2.21. The number of nitrogens with one attached hydrogen (secondary N) is 1. The molecule has 5 N–H and O–H groups in total. The minimum Gasteiger partial charge on any atom is -0.478 e. The highest BCUT2D eigenvalue weighted by Gasteiger charge is 2.14. The van der Waals surface area contributed by atoms with E-state index in [4.69, 9.17) is 20.7 Å².